The van der Waals surface area contributed by atoms with E-state index in [9.17, 15) is 14.4 Å². The molecule has 0 saturated carbocycles. The van der Waals surface area contributed by atoms with Crippen LogP contribution in [-0.4, -0.2) is 33.7 Å². The van der Waals surface area contributed by atoms with Crippen LogP contribution in [-0.2, 0) is 35.6 Å². The molecule has 0 unspecified atom stereocenters. The molecule has 3 rings (SSSR count). The van der Waals surface area contributed by atoms with E-state index in [1.807, 2.05) is 20.8 Å². The number of nitrogens with one attached hydrogen (secondary N) is 1. The molecule has 0 aliphatic carbocycles. The van der Waals surface area contributed by atoms with Crippen molar-refractivity contribution < 1.29 is 9.53 Å². The third-order valence-corrected chi connectivity index (χ3v) is 5.75. The molecule has 0 spiro atoms. The van der Waals surface area contributed by atoms with E-state index in [-0.39, 0.29) is 12.1 Å². The van der Waals surface area contributed by atoms with Crippen molar-refractivity contribution in [2.45, 2.75) is 52.5 Å². The summed E-state index contributed by atoms with van der Waals surface area (Å²) in [4.78, 5) is 39.5. The van der Waals surface area contributed by atoms with E-state index >= 15 is 0 Å². The first-order chi connectivity index (χ1) is 12.3. The van der Waals surface area contributed by atoms with E-state index in [0.717, 1.165) is 15.0 Å². The van der Waals surface area contributed by atoms with Gasteiger partial charge in [-0.05, 0) is 26.3 Å². The van der Waals surface area contributed by atoms with Crippen LogP contribution in [0, 0.1) is 0 Å². The van der Waals surface area contributed by atoms with Crippen LogP contribution in [0.4, 0.5) is 0 Å². The predicted molar refractivity (Wildman–Crippen MR) is 101 cm³/mol. The SMILES string of the molecule is CCn1c(=O)n(CC(=O)NCCN)c(=O)c2c3c(sc21)COC(C)(C)C3. The third kappa shape index (κ3) is 3.22. The number of hydrogen-bond acceptors (Lipinski definition) is 6. The highest BCUT2D eigenvalue weighted by Gasteiger charge is 2.31. The highest BCUT2D eigenvalue weighted by atomic mass is 32.1. The van der Waals surface area contributed by atoms with Crippen molar-refractivity contribution in [3.8, 4) is 0 Å². The molecule has 0 fully saturated rings. The molecule has 142 valence electrons. The Morgan fingerprint density at radius 1 is 1.35 bits per heavy atom. The van der Waals surface area contributed by atoms with Gasteiger partial charge in [-0.2, -0.15) is 0 Å². The topological polar surface area (TPSA) is 108 Å². The minimum atomic E-state index is -0.466. The fraction of sp³-hybridized carbons (Fsp3) is 0.588. The number of amides is 1. The highest BCUT2D eigenvalue weighted by Crippen LogP contribution is 2.37. The van der Waals surface area contributed by atoms with Crippen LogP contribution >= 0.6 is 11.3 Å². The van der Waals surface area contributed by atoms with Gasteiger partial charge in [-0.3, -0.25) is 18.7 Å². The Hall–Kier alpha value is -1.97. The normalized spacial score (nSPS) is 15.8. The van der Waals surface area contributed by atoms with Crippen molar-refractivity contribution in [1.82, 2.24) is 14.5 Å². The molecule has 0 radical (unpaired) electrons. The van der Waals surface area contributed by atoms with Crippen molar-refractivity contribution in [3.63, 3.8) is 0 Å². The Kier molecular flexibility index (Phi) is 5.05. The van der Waals surface area contributed by atoms with Crippen molar-refractivity contribution >= 4 is 27.5 Å². The van der Waals surface area contributed by atoms with Crippen molar-refractivity contribution in [3.05, 3.63) is 31.3 Å². The summed E-state index contributed by atoms with van der Waals surface area (Å²) in [5.74, 6) is -0.399. The molecule has 2 aromatic heterocycles. The number of thiophene rings is 1. The zero-order valence-corrected chi connectivity index (χ0v) is 16.1. The van der Waals surface area contributed by atoms with Crippen LogP contribution in [0.5, 0.6) is 0 Å². The molecule has 3 heterocycles. The van der Waals surface area contributed by atoms with Gasteiger partial charge in [0.1, 0.15) is 11.4 Å². The fourth-order valence-corrected chi connectivity index (χ4v) is 4.51. The fourth-order valence-electron chi connectivity index (χ4n) is 3.23. The number of carbonyl (C=O) groups excluding carboxylic acids is 1. The quantitative estimate of drug-likeness (QED) is 0.769. The Balaban J connectivity index is 2.19. The summed E-state index contributed by atoms with van der Waals surface area (Å²) in [6.45, 7) is 6.95. The van der Waals surface area contributed by atoms with Crippen LogP contribution in [0.25, 0.3) is 10.2 Å². The summed E-state index contributed by atoms with van der Waals surface area (Å²) < 4.78 is 8.42. The third-order valence-electron chi connectivity index (χ3n) is 4.52. The molecular formula is C17H24N4O4S. The second-order valence-electron chi connectivity index (χ2n) is 6.97. The number of ether oxygens (including phenoxy) is 1. The van der Waals surface area contributed by atoms with Crippen molar-refractivity contribution in [1.29, 1.82) is 0 Å². The van der Waals surface area contributed by atoms with Gasteiger partial charge in [0.25, 0.3) is 5.56 Å². The molecule has 9 heteroatoms. The summed E-state index contributed by atoms with van der Waals surface area (Å²) in [7, 11) is 0. The summed E-state index contributed by atoms with van der Waals surface area (Å²) in [6, 6.07) is 0. The lowest BCUT2D eigenvalue weighted by Gasteiger charge is -2.29. The van der Waals surface area contributed by atoms with Gasteiger partial charge in [0, 0.05) is 30.9 Å². The van der Waals surface area contributed by atoms with Gasteiger partial charge in [-0.1, -0.05) is 0 Å². The van der Waals surface area contributed by atoms with E-state index in [0.29, 0.717) is 42.9 Å². The van der Waals surface area contributed by atoms with E-state index in [1.54, 1.807) is 4.57 Å². The largest absolute Gasteiger partial charge is 0.370 e. The maximum atomic E-state index is 13.1. The molecule has 3 N–H and O–H groups in total. The zero-order chi connectivity index (χ0) is 19.1. The van der Waals surface area contributed by atoms with Gasteiger partial charge >= 0.3 is 5.69 Å². The smallest absolute Gasteiger partial charge is 0.332 e. The number of aryl methyl sites for hydroxylation is 1. The number of fused-ring (bicyclic) bond motifs is 3. The number of aromatic nitrogens is 2. The molecule has 0 atom stereocenters. The Morgan fingerprint density at radius 3 is 2.73 bits per heavy atom. The second kappa shape index (κ2) is 6.98. The lowest BCUT2D eigenvalue weighted by molar-refractivity contribution is -0.121. The maximum Gasteiger partial charge on any atom is 0.332 e. The van der Waals surface area contributed by atoms with E-state index in [2.05, 4.69) is 5.32 Å². The Morgan fingerprint density at radius 2 is 2.08 bits per heavy atom. The van der Waals surface area contributed by atoms with Crippen LogP contribution in [0.2, 0.25) is 0 Å². The van der Waals surface area contributed by atoms with Gasteiger partial charge in [0.2, 0.25) is 5.91 Å². The average Bonchev–Trinajstić information content (AvgIpc) is 2.94. The second-order valence-corrected chi connectivity index (χ2v) is 8.05. The number of hydrogen-bond donors (Lipinski definition) is 2. The molecular weight excluding hydrogens is 356 g/mol. The first-order valence-electron chi connectivity index (χ1n) is 8.67. The molecule has 1 amide bonds. The summed E-state index contributed by atoms with van der Waals surface area (Å²) in [6.07, 6.45) is 0.596. The molecule has 0 bridgehead atoms. The average molecular weight is 380 g/mol. The van der Waals surface area contributed by atoms with E-state index in [4.69, 9.17) is 10.5 Å². The summed E-state index contributed by atoms with van der Waals surface area (Å²) in [5, 5.41) is 3.14. The van der Waals surface area contributed by atoms with Gasteiger partial charge in [0.15, 0.2) is 0 Å². The van der Waals surface area contributed by atoms with Gasteiger partial charge < -0.3 is 15.8 Å². The Labute approximate surface area is 154 Å². The van der Waals surface area contributed by atoms with E-state index < -0.39 is 17.2 Å². The number of carbonyl (C=O) groups is 1. The predicted octanol–water partition coefficient (Wildman–Crippen LogP) is 0.171. The molecule has 1 aliphatic heterocycles. The summed E-state index contributed by atoms with van der Waals surface area (Å²) in [5.41, 5.74) is 5.07. The van der Waals surface area contributed by atoms with Crippen LogP contribution in [0.15, 0.2) is 9.59 Å². The van der Waals surface area contributed by atoms with E-state index in [1.165, 1.54) is 11.3 Å². The van der Waals surface area contributed by atoms with Crippen molar-refractivity contribution in [2.75, 3.05) is 13.1 Å². The molecule has 2 aromatic rings. The monoisotopic (exact) mass is 380 g/mol. The van der Waals surface area contributed by atoms with Crippen molar-refractivity contribution in [2.24, 2.45) is 5.73 Å². The Bertz CT molecular complexity index is 970. The van der Waals surface area contributed by atoms with Crippen LogP contribution in [0.3, 0.4) is 0 Å². The number of nitrogens with zero attached hydrogens (tertiary/aromatic N) is 2. The number of rotatable bonds is 5. The lowest BCUT2D eigenvalue weighted by atomic mass is 9.94. The van der Waals surface area contributed by atoms with Crippen LogP contribution < -0.4 is 22.3 Å². The van der Waals surface area contributed by atoms with Gasteiger partial charge in [-0.25, -0.2) is 4.79 Å². The standard InChI is InChI=1S/C17H24N4O4S/c1-4-20-15-13(10-7-17(2,3)25-9-11(10)26-15)14(23)21(16(20)24)8-12(22)19-6-5-18/h4-9,18H2,1-3H3,(H,19,22). The van der Waals surface area contributed by atoms with Gasteiger partial charge in [0.05, 0.1) is 17.6 Å². The minimum Gasteiger partial charge on any atom is -0.370 e. The molecule has 0 saturated heterocycles. The first-order valence-corrected chi connectivity index (χ1v) is 9.49. The molecule has 8 nitrogen and oxygen atoms in total. The van der Waals surface area contributed by atoms with Crippen LogP contribution in [0.1, 0.15) is 31.2 Å². The number of nitrogens with two attached hydrogens (primary N) is 1. The molecule has 0 aromatic carbocycles. The maximum absolute atomic E-state index is 13.1. The lowest BCUT2D eigenvalue weighted by Crippen LogP contribution is -2.44. The molecule has 26 heavy (non-hydrogen) atoms. The highest BCUT2D eigenvalue weighted by molar-refractivity contribution is 7.18. The summed E-state index contributed by atoms with van der Waals surface area (Å²) >= 11 is 1.43. The zero-order valence-electron chi connectivity index (χ0n) is 15.3. The minimum absolute atomic E-state index is 0.298. The molecule has 1 aliphatic rings. The first kappa shape index (κ1) is 18.8. The van der Waals surface area contributed by atoms with Gasteiger partial charge in [-0.15, -0.1) is 11.3 Å².